The lowest BCUT2D eigenvalue weighted by atomic mass is 10.1. The first-order valence-corrected chi connectivity index (χ1v) is 5.19. The fourth-order valence-electron chi connectivity index (χ4n) is 1.42. The molecule has 0 radical (unpaired) electrons. The molecule has 0 saturated heterocycles. The Morgan fingerprint density at radius 2 is 1.75 bits per heavy atom. The predicted molar refractivity (Wildman–Crippen MR) is 57.1 cm³/mol. The maximum Gasteiger partial charge on any atom is 0.251 e. The third kappa shape index (κ3) is 2.46. The second-order valence-corrected chi connectivity index (χ2v) is 3.83. The van der Waals surface area contributed by atoms with Crippen molar-refractivity contribution in [3.05, 3.63) is 23.1 Å². The minimum Gasteiger partial charge on any atom is -0.360 e. The Hall–Kier alpha value is -1.26. The van der Waals surface area contributed by atoms with Crippen molar-refractivity contribution in [3.8, 4) is 0 Å². The summed E-state index contributed by atoms with van der Waals surface area (Å²) >= 11 is 0. The molecule has 2 nitrogen and oxygen atoms in total. The molecule has 5 heteroatoms. The van der Waals surface area contributed by atoms with Crippen LogP contribution in [-0.2, 0) is 6.42 Å². The average molecular weight is 232 g/mol. The van der Waals surface area contributed by atoms with Crippen molar-refractivity contribution in [3.63, 3.8) is 0 Å². The molecule has 0 bridgehead atoms. The van der Waals surface area contributed by atoms with Gasteiger partial charge in [-0.2, -0.15) is 9.37 Å². The zero-order valence-corrected chi connectivity index (χ0v) is 9.65. The first kappa shape index (κ1) is 12.8. The van der Waals surface area contributed by atoms with Gasteiger partial charge in [-0.3, -0.25) is 0 Å². The van der Waals surface area contributed by atoms with Crippen LogP contribution in [0, 0.1) is 17.6 Å². The molecular weight excluding hydrogens is 217 g/mol. The largest absolute Gasteiger partial charge is 0.360 e. The van der Waals surface area contributed by atoms with Crippen LogP contribution in [0.5, 0.6) is 0 Å². The average Bonchev–Trinajstić information content (AvgIpc) is 2.23. The van der Waals surface area contributed by atoms with E-state index < -0.39 is 17.6 Å². The molecule has 0 aliphatic carbocycles. The van der Waals surface area contributed by atoms with Gasteiger partial charge < -0.3 is 4.90 Å². The molecule has 0 unspecified atom stereocenters. The van der Waals surface area contributed by atoms with Gasteiger partial charge in [0.25, 0.3) is 5.95 Å². The van der Waals surface area contributed by atoms with Crippen LogP contribution in [0.25, 0.3) is 0 Å². The van der Waals surface area contributed by atoms with E-state index in [2.05, 4.69) is 4.98 Å². The summed E-state index contributed by atoms with van der Waals surface area (Å²) in [4.78, 5) is 4.58. The van der Waals surface area contributed by atoms with Gasteiger partial charge in [0, 0.05) is 19.7 Å². The Labute approximate surface area is 93.1 Å². The fraction of sp³-hybridized carbons (Fsp3) is 0.545. The Kier molecular flexibility index (Phi) is 4.15. The van der Waals surface area contributed by atoms with Gasteiger partial charge in [0.15, 0.2) is 17.5 Å². The van der Waals surface area contributed by atoms with E-state index >= 15 is 0 Å². The molecule has 0 fully saturated rings. The maximum absolute atomic E-state index is 13.8. The molecule has 0 spiro atoms. The Balaban J connectivity index is 3.22. The first-order valence-electron chi connectivity index (χ1n) is 5.19. The number of halogens is 3. The van der Waals surface area contributed by atoms with Crippen LogP contribution in [0.1, 0.15) is 25.3 Å². The van der Waals surface area contributed by atoms with Crippen LogP contribution < -0.4 is 4.90 Å². The zero-order valence-electron chi connectivity index (χ0n) is 9.65. The zero-order chi connectivity index (χ0) is 12.3. The van der Waals surface area contributed by atoms with Gasteiger partial charge in [-0.05, 0) is 12.8 Å². The van der Waals surface area contributed by atoms with Crippen molar-refractivity contribution < 1.29 is 13.2 Å². The molecule has 0 amide bonds. The molecule has 1 aromatic rings. The molecule has 0 aliphatic heterocycles. The monoisotopic (exact) mass is 232 g/mol. The molecule has 0 atom stereocenters. The standard InChI is InChI=1S/C11H15F3N2/c1-4-5-6-7-8(12)10(14)15-11(9(7)13)16(2)3/h4-6H2,1-3H3. The van der Waals surface area contributed by atoms with E-state index in [1.807, 2.05) is 6.92 Å². The van der Waals surface area contributed by atoms with Crippen molar-refractivity contribution in [1.29, 1.82) is 0 Å². The van der Waals surface area contributed by atoms with Crippen LogP contribution in [0.2, 0.25) is 0 Å². The van der Waals surface area contributed by atoms with Crippen LogP contribution in [0.3, 0.4) is 0 Å². The molecule has 16 heavy (non-hydrogen) atoms. The SMILES string of the molecule is CCCCc1c(F)c(F)nc(N(C)C)c1F. The molecule has 0 saturated carbocycles. The van der Waals surface area contributed by atoms with Gasteiger partial charge in [0.1, 0.15) is 0 Å². The third-order valence-corrected chi connectivity index (χ3v) is 2.32. The highest BCUT2D eigenvalue weighted by molar-refractivity contribution is 5.42. The van der Waals surface area contributed by atoms with Crippen molar-refractivity contribution in [2.45, 2.75) is 26.2 Å². The molecule has 1 aromatic heterocycles. The smallest absolute Gasteiger partial charge is 0.251 e. The summed E-state index contributed by atoms with van der Waals surface area (Å²) in [5.74, 6) is -3.34. The molecular formula is C11H15F3N2. The lowest BCUT2D eigenvalue weighted by Gasteiger charge is -2.15. The van der Waals surface area contributed by atoms with E-state index in [-0.39, 0.29) is 17.8 Å². The number of rotatable bonds is 4. The highest BCUT2D eigenvalue weighted by Crippen LogP contribution is 2.24. The number of unbranched alkanes of at least 4 members (excludes halogenated alkanes) is 1. The highest BCUT2D eigenvalue weighted by atomic mass is 19.2. The van der Waals surface area contributed by atoms with Gasteiger partial charge >= 0.3 is 0 Å². The van der Waals surface area contributed by atoms with Crippen molar-refractivity contribution >= 4 is 5.82 Å². The predicted octanol–water partition coefficient (Wildman–Crippen LogP) is 2.91. The highest BCUT2D eigenvalue weighted by Gasteiger charge is 2.20. The minimum absolute atomic E-state index is 0.162. The topological polar surface area (TPSA) is 16.1 Å². The van der Waals surface area contributed by atoms with Crippen LogP contribution in [0.15, 0.2) is 0 Å². The maximum atomic E-state index is 13.8. The molecule has 1 rings (SSSR count). The van der Waals surface area contributed by atoms with Crippen molar-refractivity contribution in [2.24, 2.45) is 0 Å². The lowest BCUT2D eigenvalue weighted by Crippen LogP contribution is -2.16. The van der Waals surface area contributed by atoms with Gasteiger partial charge in [-0.25, -0.2) is 8.78 Å². The lowest BCUT2D eigenvalue weighted by molar-refractivity contribution is 0.449. The Morgan fingerprint density at radius 1 is 1.12 bits per heavy atom. The number of aromatic nitrogens is 1. The van der Waals surface area contributed by atoms with E-state index in [0.717, 1.165) is 6.42 Å². The second-order valence-electron chi connectivity index (χ2n) is 3.83. The summed E-state index contributed by atoms with van der Waals surface area (Å²) in [6, 6.07) is 0. The van der Waals surface area contributed by atoms with Gasteiger partial charge in [0.2, 0.25) is 0 Å². The number of nitrogens with zero attached hydrogens (tertiary/aromatic N) is 2. The number of hydrogen-bond acceptors (Lipinski definition) is 2. The summed E-state index contributed by atoms with van der Waals surface area (Å²) in [5.41, 5.74) is -0.210. The summed E-state index contributed by atoms with van der Waals surface area (Å²) in [6.45, 7) is 1.90. The van der Waals surface area contributed by atoms with E-state index in [0.29, 0.717) is 6.42 Å². The van der Waals surface area contributed by atoms with Gasteiger partial charge in [-0.1, -0.05) is 13.3 Å². The third-order valence-electron chi connectivity index (χ3n) is 2.32. The number of anilines is 1. The molecule has 0 aromatic carbocycles. The fourth-order valence-corrected chi connectivity index (χ4v) is 1.42. The Morgan fingerprint density at radius 3 is 2.25 bits per heavy atom. The summed E-state index contributed by atoms with van der Waals surface area (Å²) in [6.07, 6.45) is 1.60. The molecule has 1 heterocycles. The molecule has 90 valence electrons. The minimum atomic E-state index is -1.24. The van der Waals surface area contributed by atoms with Crippen LogP contribution >= 0.6 is 0 Å². The van der Waals surface area contributed by atoms with E-state index in [4.69, 9.17) is 0 Å². The van der Waals surface area contributed by atoms with Crippen molar-refractivity contribution in [2.75, 3.05) is 19.0 Å². The second kappa shape index (κ2) is 5.18. The van der Waals surface area contributed by atoms with Crippen LogP contribution in [0.4, 0.5) is 19.0 Å². The summed E-state index contributed by atoms with van der Waals surface area (Å²) in [7, 11) is 3.07. The van der Waals surface area contributed by atoms with E-state index in [1.165, 1.54) is 19.0 Å². The summed E-state index contributed by atoms with van der Waals surface area (Å²) in [5, 5.41) is 0. The Bertz CT molecular complexity index is 378. The molecule has 0 aliphatic rings. The van der Waals surface area contributed by atoms with Gasteiger partial charge in [-0.15, -0.1) is 0 Å². The first-order chi connectivity index (χ1) is 7.49. The van der Waals surface area contributed by atoms with E-state index in [9.17, 15) is 13.2 Å². The van der Waals surface area contributed by atoms with Crippen molar-refractivity contribution in [1.82, 2.24) is 4.98 Å². The van der Waals surface area contributed by atoms with Crippen LogP contribution in [-0.4, -0.2) is 19.1 Å². The van der Waals surface area contributed by atoms with Gasteiger partial charge in [0.05, 0.1) is 0 Å². The normalized spacial score (nSPS) is 10.6. The number of pyridine rings is 1. The summed E-state index contributed by atoms with van der Waals surface area (Å²) < 4.78 is 40.2. The number of hydrogen-bond donors (Lipinski definition) is 0. The quantitative estimate of drug-likeness (QED) is 0.742. The van der Waals surface area contributed by atoms with E-state index in [1.54, 1.807) is 0 Å². The molecule has 0 N–H and O–H groups in total.